The number of hydrogen-bond donors (Lipinski definition) is 6. The van der Waals surface area contributed by atoms with Gasteiger partial charge in [-0.3, -0.25) is 15.1 Å². The number of aromatic hydroxyl groups is 1. The van der Waals surface area contributed by atoms with Crippen LogP contribution in [0.4, 0.5) is 16.0 Å². The van der Waals surface area contributed by atoms with Gasteiger partial charge in [-0.15, -0.1) is 0 Å². The van der Waals surface area contributed by atoms with Gasteiger partial charge in [0.2, 0.25) is 5.88 Å². The summed E-state index contributed by atoms with van der Waals surface area (Å²) >= 11 is 2.00. The summed E-state index contributed by atoms with van der Waals surface area (Å²) in [7, 11) is 0. The molecule has 0 saturated heterocycles. The van der Waals surface area contributed by atoms with Crippen molar-refractivity contribution < 1.29 is 20.1 Å². The highest BCUT2D eigenvalue weighted by Gasteiger charge is 2.35. The molecule has 13 heteroatoms. The topological polar surface area (TPSA) is 168 Å². The summed E-state index contributed by atoms with van der Waals surface area (Å²) in [6.45, 7) is 1.51. The van der Waals surface area contributed by atoms with Crippen LogP contribution in [0.25, 0.3) is 10.9 Å². The number of hydrogen-bond acceptors (Lipinski definition) is 11. The Morgan fingerprint density at radius 1 is 1.37 bits per heavy atom. The van der Waals surface area contributed by atoms with Crippen LogP contribution in [-0.2, 0) is 6.42 Å². The summed E-state index contributed by atoms with van der Waals surface area (Å²) in [5, 5.41) is 45.6. The summed E-state index contributed by atoms with van der Waals surface area (Å²) < 4.78 is 3.88. The average Bonchev–Trinajstić information content (AvgIpc) is 3.53. The molecule has 0 fully saturated rings. The van der Waals surface area contributed by atoms with Crippen LogP contribution >= 0.6 is 22.9 Å². The number of amides is 1. The number of benzene rings is 1. The van der Waals surface area contributed by atoms with Crippen molar-refractivity contribution in [2.24, 2.45) is 0 Å². The van der Waals surface area contributed by atoms with E-state index in [-0.39, 0.29) is 41.2 Å². The molecule has 11 nitrogen and oxygen atoms in total. The van der Waals surface area contributed by atoms with Crippen LogP contribution in [0, 0.1) is 5.41 Å². The molecule has 1 aliphatic rings. The van der Waals surface area contributed by atoms with Gasteiger partial charge in [-0.1, -0.05) is 29.5 Å². The van der Waals surface area contributed by atoms with E-state index in [0.29, 0.717) is 16.0 Å². The summed E-state index contributed by atoms with van der Waals surface area (Å²) in [5.41, 5.74) is 1.66. The van der Waals surface area contributed by atoms with Gasteiger partial charge in [0.15, 0.2) is 5.13 Å². The first-order chi connectivity index (χ1) is 16.9. The van der Waals surface area contributed by atoms with E-state index in [0.717, 1.165) is 39.3 Å². The minimum atomic E-state index is -1.04. The standard InChI is InChI=1S/C22H21N7O4S2/c1-10(9-30)25-17(23)16-19(32)28-35-20(16)27-22-24-8-14(34-22)21(33)29-15(31)7-12-6-11-4-2-3-5-13(11)26-18(12)29/h2-6,8,10,15,30-31H,7,9H2,1H3,(H2,23,25)(H,24,27)(H,28,32). The van der Waals surface area contributed by atoms with Gasteiger partial charge in [0.1, 0.15) is 33.3 Å². The molecule has 0 radical (unpaired) electrons. The number of amidine groups is 1. The lowest BCUT2D eigenvalue weighted by Gasteiger charge is -2.19. The molecule has 2 atom stereocenters. The molecular formula is C22H21N7O4S2. The van der Waals surface area contributed by atoms with E-state index in [1.807, 2.05) is 30.3 Å². The third kappa shape index (κ3) is 4.30. The van der Waals surface area contributed by atoms with Gasteiger partial charge in [-0.05, 0) is 30.6 Å². The fraction of sp³-hybridized carbons (Fsp3) is 0.227. The Bertz CT molecular complexity index is 1440. The number of rotatable bonds is 6. The van der Waals surface area contributed by atoms with Gasteiger partial charge in [0.05, 0.1) is 18.3 Å². The lowest BCUT2D eigenvalue weighted by molar-refractivity contribution is 0.0906. The zero-order valence-electron chi connectivity index (χ0n) is 18.4. The van der Waals surface area contributed by atoms with Crippen molar-refractivity contribution in [3.63, 3.8) is 0 Å². The Kier molecular flexibility index (Phi) is 6.06. The number of carbonyl (C=O) groups is 1. The Morgan fingerprint density at radius 3 is 2.97 bits per heavy atom. The lowest BCUT2D eigenvalue weighted by atomic mass is 10.1. The van der Waals surface area contributed by atoms with Gasteiger partial charge in [0.25, 0.3) is 5.91 Å². The number of pyridine rings is 1. The number of carbonyl (C=O) groups excluding carboxylic acids is 1. The Balaban J connectivity index is 1.38. The van der Waals surface area contributed by atoms with E-state index in [4.69, 9.17) is 5.41 Å². The molecule has 5 rings (SSSR count). The second-order valence-electron chi connectivity index (χ2n) is 7.99. The van der Waals surface area contributed by atoms with Crippen molar-refractivity contribution in [2.75, 3.05) is 16.8 Å². The highest BCUT2D eigenvalue weighted by atomic mass is 32.1. The van der Waals surface area contributed by atoms with Gasteiger partial charge in [0, 0.05) is 23.4 Å². The Labute approximate surface area is 207 Å². The zero-order valence-corrected chi connectivity index (χ0v) is 20.0. The monoisotopic (exact) mass is 511 g/mol. The predicted molar refractivity (Wildman–Crippen MR) is 134 cm³/mol. The third-order valence-corrected chi connectivity index (χ3v) is 7.11. The van der Waals surface area contributed by atoms with Crippen LogP contribution in [0.1, 0.15) is 27.7 Å². The van der Waals surface area contributed by atoms with E-state index >= 15 is 0 Å². The number of aromatic nitrogens is 3. The van der Waals surface area contributed by atoms with E-state index in [9.17, 15) is 20.1 Å². The van der Waals surface area contributed by atoms with Crippen molar-refractivity contribution in [1.82, 2.24) is 19.7 Å². The van der Waals surface area contributed by atoms with Crippen molar-refractivity contribution in [2.45, 2.75) is 25.6 Å². The van der Waals surface area contributed by atoms with Crippen LogP contribution in [0.3, 0.4) is 0 Å². The quantitative estimate of drug-likeness (QED) is 0.168. The number of thiazole rings is 1. The first-order valence-electron chi connectivity index (χ1n) is 10.6. The molecule has 4 heterocycles. The van der Waals surface area contributed by atoms with E-state index < -0.39 is 12.1 Å². The number of aliphatic hydroxyl groups excluding tert-OH is 2. The molecule has 0 bridgehead atoms. The fourth-order valence-corrected chi connectivity index (χ4v) is 5.29. The van der Waals surface area contributed by atoms with Crippen LogP contribution in [0.5, 0.6) is 5.88 Å². The molecule has 0 aliphatic carbocycles. The first kappa shape index (κ1) is 23.1. The molecule has 6 N–H and O–H groups in total. The molecule has 4 aromatic rings. The molecule has 1 aliphatic heterocycles. The first-order valence-corrected chi connectivity index (χ1v) is 12.2. The maximum absolute atomic E-state index is 13.3. The van der Waals surface area contributed by atoms with E-state index in [2.05, 4.69) is 25.0 Å². The molecule has 180 valence electrons. The number of nitrogens with one attached hydrogen (secondary N) is 3. The number of aliphatic hydroxyl groups is 2. The minimum absolute atomic E-state index is 0.108. The Morgan fingerprint density at radius 2 is 2.17 bits per heavy atom. The fourth-order valence-electron chi connectivity index (χ4n) is 3.77. The average molecular weight is 512 g/mol. The molecule has 35 heavy (non-hydrogen) atoms. The van der Waals surface area contributed by atoms with Crippen LogP contribution in [0.15, 0.2) is 36.5 Å². The molecular weight excluding hydrogens is 490 g/mol. The van der Waals surface area contributed by atoms with E-state index in [1.165, 1.54) is 11.1 Å². The second-order valence-corrected chi connectivity index (χ2v) is 9.80. The lowest BCUT2D eigenvalue weighted by Crippen LogP contribution is -2.37. The van der Waals surface area contributed by atoms with Crippen molar-refractivity contribution >= 4 is 61.5 Å². The van der Waals surface area contributed by atoms with Crippen molar-refractivity contribution in [1.29, 1.82) is 5.41 Å². The molecule has 1 aromatic carbocycles. The maximum Gasteiger partial charge on any atom is 0.273 e. The highest BCUT2D eigenvalue weighted by molar-refractivity contribution is 7.18. The summed E-state index contributed by atoms with van der Waals surface area (Å²) in [4.78, 5) is 23.7. The molecule has 1 amide bonds. The zero-order chi connectivity index (χ0) is 24.7. The number of para-hydroxylation sites is 1. The highest BCUT2D eigenvalue weighted by Crippen LogP contribution is 2.36. The maximum atomic E-state index is 13.3. The molecule has 2 unspecified atom stereocenters. The SMILES string of the molecule is CC(CO)NC(=N)c1c(O)nsc1Nc1ncc(C(=O)N2c3nc4ccccc4cc3CC2O)s1. The Hall–Kier alpha value is -3.65. The van der Waals surface area contributed by atoms with Gasteiger partial charge >= 0.3 is 0 Å². The molecule has 0 saturated carbocycles. The van der Waals surface area contributed by atoms with Gasteiger partial charge in [-0.25, -0.2) is 9.97 Å². The summed E-state index contributed by atoms with van der Waals surface area (Å²) in [6.07, 6.45) is 0.651. The third-order valence-electron chi connectivity index (χ3n) is 5.45. The normalized spacial score (nSPS) is 15.7. The smallest absolute Gasteiger partial charge is 0.273 e. The molecule has 0 spiro atoms. The second kappa shape index (κ2) is 9.19. The predicted octanol–water partition coefficient (Wildman–Crippen LogP) is 2.41. The van der Waals surface area contributed by atoms with Crippen LogP contribution < -0.4 is 15.5 Å². The number of fused-ring (bicyclic) bond motifs is 2. The minimum Gasteiger partial charge on any atom is -0.492 e. The van der Waals surface area contributed by atoms with Crippen LogP contribution in [-0.4, -0.2) is 60.3 Å². The molecule has 3 aromatic heterocycles. The number of anilines is 3. The number of nitrogens with zero attached hydrogens (tertiary/aromatic N) is 4. The summed E-state index contributed by atoms with van der Waals surface area (Å²) in [6, 6.07) is 9.12. The van der Waals surface area contributed by atoms with E-state index in [1.54, 1.807) is 6.92 Å². The van der Waals surface area contributed by atoms with Crippen LogP contribution in [0.2, 0.25) is 0 Å². The largest absolute Gasteiger partial charge is 0.492 e. The summed E-state index contributed by atoms with van der Waals surface area (Å²) in [5.74, 6) is -0.439. The van der Waals surface area contributed by atoms with Gasteiger partial charge < -0.3 is 26.0 Å². The van der Waals surface area contributed by atoms with Gasteiger partial charge in [-0.2, -0.15) is 4.37 Å². The van der Waals surface area contributed by atoms with Crippen molar-refractivity contribution in [3.05, 3.63) is 52.5 Å². The van der Waals surface area contributed by atoms with Crippen molar-refractivity contribution in [3.8, 4) is 5.88 Å².